The number of benzene rings is 7. The van der Waals surface area contributed by atoms with Gasteiger partial charge < -0.3 is 0 Å². The predicted molar refractivity (Wildman–Crippen MR) is 183 cm³/mol. The van der Waals surface area contributed by atoms with Gasteiger partial charge in [-0.1, -0.05) is 129 Å². The summed E-state index contributed by atoms with van der Waals surface area (Å²) in [4.78, 5) is 5.02. The lowest BCUT2D eigenvalue weighted by Gasteiger charge is -2.23. The van der Waals surface area contributed by atoms with E-state index in [1.807, 2.05) is 0 Å². The molecule has 43 heavy (non-hydrogen) atoms. The first kappa shape index (κ1) is 24.3. The Bertz CT molecular complexity index is 2430. The fourth-order valence-electron chi connectivity index (χ4n) is 7.61. The van der Waals surface area contributed by atoms with Gasteiger partial charge in [-0.3, -0.25) is 4.98 Å². The molecule has 1 nitrogen and oxygen atoms in total. The molecule has 202 valence electrons. The molecule has 0 aliphatic heterocycles. The molecule has 0 saturated heterocycles. The highest BCUT2D eigenvalue weighted by atomic mass is 14.7. The van der Waals surface area contributed by atoms with Crippen molar-refractivity contribution in [3.8, 4) is 33.4 Å². The highest BCUT2D eigenvalue weighted by molar-refractivity contribution is 6.27. The summed E-state index contributed by atoms with van der Waals surface area (Å²) >= 11 is 0. The first-order valence-corrected chi connectivity index (χ1v) is 15.1. The van der Waals surface area contributed by atoms with Crippen LogP contribution in [0.15, 0.2) is 140 Å². The van der Waals surface area contributed by atoms with Crippen LogP contribution in [0, 0.1) is 0 Å². The van der Waals surface area contributed by atoms with Crippen molar-refractivity contribution in [2.75, 3.05) is 0 Å². The Morgan fingerprint density at radius 3 is 1.95 bits per heavy atom. The minimum absolute atomic E-state index is 0.0659. The minimum atomic E-state index is -0.0659. The second-order valence-electron chi connectivity index (χ2n) is 12.4. The van der Waals surface area contributed by atoms with E-state index in [0.717, 1.165) is 5.52 Å². The Morgan fingerprint density at radius 2 is 1.09 bits per heavy atom. The fourth-order valence-corrected chi connectivity index (χ4v) is 7.61. The van der Waals surface area contributed by atoms with Crippen LogP contribution in [0.4, 0.5) is 0 Å². The lowest BCUT2D eigenvalue weighted by molar-refractivity contribution is 0.660. The van der Waals surface area contributed by atoms with Crippen molar-refractivity contribution in [1.29, 1.82) is 0 Å². The quantitative estimate of drug-likeness (QED) is 0.155. The maximum atomic E-state index is 5.02. The molecule has 0 spiro atoms. The molecule has 1 heteroatoms. The third kappa shape index (κ3) is 3.43. The molecule has 1 aliphatic carbocycles. The van der Waals surface area contributed by atoms with Crippen LogP contribution in [0.2, 0.25) is 0 Å². The van der Waals surface area contributed by atoms with Crippen LogP contribution < -0.4 is 0 Å². The van der Waals surface area contributed by atoms with Gasteiger partial charge in [-0.25, -0.2) is 0 Å². The Labute approximate surface area is 251 Å². The van der Waals surface area contributed by atoms with Gasteiger partial charge in [-0.05, 0) is 84.3 Å². The fraction of sp³-hybridized carbons (Fsp3) is 0.0714. The Balaban J connectivity index is 1.42. The normalized spacial score (nSPS) is 13.5. The van der Waals surface area contributed by atoms with E-state index in [0.29, 0.717) is 0 Å². The van der Waals surface area contributed by atoms with Crippen LogP contribution in [-0.2, 0) is 5.41 Å². The van der Waals surface area contributed by atoms with Gasteiger partial charge in [0.2, 0.25) is 0 Å². The highest BCUT2D eigenvalue weighted by Gasteiger charge is 2.35. The number of rotatable bonds is 2. The minimum Gasteiger partial charge on any atom is -0.256 e. The van der Waals surface area contributed by atoms with Gasteiger partial charge in [-0.15, -0.1) is 0 Å². The van der Waals surface area contributed by atoms with Crippen molar-refractivity contribution in [3.05, 3.63) is 151 Å². The average molecular weight is 548 g/mol. The monoisotopic (exact) mass is 547 g/mol. The van der Waals surface area contributed by atoms with Gasteiger partial charge in [-0.2, -0.15) is 0 Å². The van der Waals surface area contributed by atoms with E-state index in [-0.39, 0.29) is 5.41 Å². The van der Waals surface area contributed by atoms with Gasteiger partial charge in [0.05, 0.1) is 5.52 Å². The largest absolute Gasteiger partial charge is 0.256 e. The third-order valence-corrected chi connectivity index (χ3v) is 9.67. The maximum absolute atomic E-state index is 5.02. The summed E-state index contributed by atoms with van der Waals surface area (Å²) in [7, 11) is 0. The topological polar surface area (TPSA) is 12.9 Å². The van der Waals surface area contributed by atoms with Crippen LogP contribution >= 0.6 is 0 Å². The van der Waals surface area contributed by atoms with Crippen LogP contribution in [0.25, 0.3) is 76.6 Å². The first-order chi connectivity index (χ1) is 21.1. The van der Waals surface area contributed by atoms with Gasteiger partial charge in [0.25, 0.3) is 0 Å². The zero-order valence-electron chi connectivity index (χ0n) is 24.2. The Hall–Kier alpha value is -5.27. The van der Waals surface area contributed by atoms with E-state index >= 15 is 0 Å². The lowest BCUT2D eigenvalue weighted by Crippen LogP contribution is -2.14. The molecule has 1 heterocycles. The number of aromatic nitrogens is 1. The number of nitrogens with zero attached hydrogens (tertiary/aromatic N) is 1. The summed E-state index contributed by atoms with van der Waals surface area (Å²) < 4.78 is 0. The highest BCUT2D eigenvalue weighted by Crippen LogP contribution is 2.51. The second-order valence-corrected chi connectivity index (χ2v) is 12.4. The van der Waals surface area contributed by atoms with Crippen molar-refractivity contribution in [2.24, 2.45) is 0 Å². The molecule has 0 radical (unpaired) electrons. The Kier molecular flexibility index (Phi) is 5.02. The van der Waals surface area contributed by atoms with E-state index < -0.39 is 0 Å². The molecular formula is C42H29N. The zero-order valence-corrected chi connectivity index (χ0v) is 24.2. The second kappa shape index (κ2) is 8.86. The molecule has 0 unspecified atom stereocenters. The molecule has 0 saturated carbocycles. The summed E-state index contributed by atoms with van der Waals surface area (Å²) in [5.74, 6) is 0. The van der Waals surface area contributed by atoms with Gasteiger partial charge >= 0.3 is 0 Å². The predicted octanol–water partition coefficient (Wildman–Crippen LogP) is 11.3. The molecule has 9 rings (SSSR count). The van der Waals surface area contributed by atoms with E-state index in [4.69, 9.17) is 4.98 Å². The molecule has 0 N–H and O–H groups in total. The molecule has 0 amide bonds. The molecule has 7 aromatic carbocycles. The zero-order chi connectivity index (χ0) is 28.7. The van der Waals surface area contributed by atoms with Crippen molar-refractivity contribution in [1.82, 2.24) is 4.98 Å². The summed E-state index contributed by atoms with van der Waals surface area (Å²) in [6, 6.07) is 49.0. The van der Waals surface area contributed by atoms with Crippen molar-refractivity contribution in [3.63, 3.8) is 0 Å². The molecule has 8 aromatic rings. The first-order valence-electron chi connectivity index (χ1n) is 15.1. The summed E-state index contributed by atoms with van der Waals surface area (Å²) in [6.07, 6.45) is 2.11. The molecule has 0 fully saturated rings. The molecule has 1 aliphatic rings. The van der Waals surface area contributed by atoms with Crippen LogP contribution in [0.5, 0.6) is 0 Å². The number of hydrogen-bond acceptors (Lipinski definition) is 1. The van der Waals surface area contributed by atoms with Crippen LogP contribution in [0.3, 0.4) is 0 Å². The Morgan fingerprint density at radius 1 is 0.465 bits per heavy atom. The number of fused-ring (bicyclic) bond motifs is 8. The molecular weight excluding hydrogens is 518 g/mol. The summed E-state index contributed by atoms with van der Waals surface area (Å²) in [5, 5.41) is 8.66. The summed E-state index contributed by atoms with van der Waals surface area (Å²) in [5.41, 5.74) is 11.4. The standard InChI is InChI=1S/C42H29N/c1-42(2)36-17-9-7-13-30(36)31-22-21-29(24-37(31)42)39-32-14-5-6-15-33(32)40(28-20-19-26-11-3-4-12-27(26)23-28)41-34-16-8-10-18-38(34)43-25-35(39)41/h3-25H,1-2H3. The smallest absolute Gasteiger partial charge is 0.0708 e. The SMILES string of the molecule is CC1(C)c2ccccc2-c2ccc(-c3c4ccccc4c(-c4ccc5ccccc5c4)c4c3cnc3ccccc34)cc21. The van der Waals surface area contributed by atoms with E-state index in [2.05, 4.69) is 154 Å². The van der Waals surface area contributed by atoms with Crippen molar-refractivity contribution >= 4 is 43.2 Å². The summed E-state index contributed by atoms with van der Waals surface area (Å²) in [6.45, 7) is 4.71. The van der Waals surface area contributed by atoms with Crippen LogP contribution in [-0.4, -0.2) is 4.98 Å². The number of hydrogen-bond donors (Lipinski definition) is 0. The number of pyridine rings is 1. The number of para-hydroxylation sites is 1. The van der Waals surface area contributed by atoms with Crippen LogP contribution in [0.1, 0.15) is 25.0 Å². The van der Waals surface area contributed by atoms with E-state index in [9.17, 15) is 0 Å². The van der Waals surface area contributed by atoms with Gasteiger partial charge in [0.15, 0.2) is 0 Å². The van der Waals surface area contributed by atoms with E-state index in [1.165, 1.54) is 82.2 Å². The lowest BCUT2D eigenvalue weighted by atomic mass is 9.80. The maximum Gasteiger partial charge on any atom is 0.0708 e. The van der Waals surface area contributed by atoms with Crippen molar-refractivity contribution in [2.45, 2.75) is 19.3 Å². The van der Waals surface area contributed by atoms with Gasteiger partial charge in [0, 0.05) is 27.8 Å². The molecule has 1 aromatic heterocycles. The molecule has 0 atom stereocenters. The van der Waals surface area contributed by atoms with Gasteiger partial charge in [0.1, 0.15) is 0 Å². The third-order valence-electron chi connectivity index (χ3n) is 9.67. The van der Waals surface area contributed by atoms with Crippen molar-refractivity contribution < 1.29 is 0 Å². The van der Waals surface area contributed by atoms with E-state index in [1.54, 1.807) is 0 Å². The molecule has 0 bridgehead atoms. The average Bonchev–Trinajstić information content (AvgIpc) is 3.29.